The number of benzene rings is 2. The first-order valence-corrected chi connectivity index (χ1v) is 10.6. The number of alkyl halides is 3. The van der Waals surface area contributed by atoms with Crippen molar-refractivity contribution in [3.8, 4) is 5.69 Å². The Kier molecular flexibility index (Phi) is 7.90. The van der Waals surface area contributed by atoms with Gasteiger partial charge in [0.15, 0.2) is 0 Å². The van der Waals surface area contributed by atoms with Crippen LogP contribution in [-0.4, -0.2) is 82.5 Å². The minimum Gasteiger partial charge on any atom is -0.475 e. The van der Waals surface area contributed by atoms with Gasteiger partial charge in [0.05, 0.1) is 11.3 Å². The lowest BCUT2D eigenvalue weighted by Gasteiger charge is -2.32. The molecule has 0 spiro atoms. The molecule has 1 aromatic heterocycles. The van der Waals surface area contributed by atoms with Crippen LogP contribution in [0.5, 0.6) is 0 Å². The maximum absolute atomic E-state index is 11.6. The fourth-order valence-corrected chi connectivity index (χ4v) is 3.55. The number of rotatable bonds is 5. The van der Waals surface area contributed by atoms with Gasteiger partial charge in [0.2, 0.25) is 0 Å². The number of aliphatic carboxylic acids is 1. The number of aromatic nitrogens is 2. The van der Waals surface area contributed by atoms with E-state index in [0.29, 0.717) is 11.1 Å². The van der Waals surface area contributed by atoms with Gasteiger partial charge in [0, 0.05) is 44.3 Å². The molecular formula is C23H26F3N5O3. The number of likely N-dealkylation sites (N-methyl/N-ethyl adjacent to an activating group) is 1. The summed E-state index contributed by atoms with van der Waals surface area (Å²) in [6.45, 7) is 5.70. The number of carbonyl (C=O) groups excluding carboxylic acids is 1. The zero-order valence-electron chi connectivity index (χ0n) is 18.6. The number of nitrogens with zero attached hydrogens (tertiary/aromatic N) is 4. The minimum atomic E-state index is -5.08. The Morgan fingerprint density at radius 1 is 1.06 bits per heavy atom. The summed E-state index contributed by atoms with van der Waals surface area (Å²) >= 11 is 0. The molecule has 34 heavy (non-hydrogen) atoms. The number of carbonyl (C=O) groups is 2. The van der Waals surface area contributed by atoms with Crippen LogP contribution in [0.2, 0.25) is 0 Å². The van der Waals surface area contributed by atoms with Crippen LogP contribution in [0.1, 0.15) is 15.9 Å². The highest BCUT2D eigenvalue weighted by molar-refractivity contribution is 6.04. The molecule has 3 aromatic rings. The molecule has 1 aliphatic rings. The molecule has 182 valence electrons. The number of primary amides is 1. The average Bonchev–Trinajstić information content (AvgIpc) is 3.23. The Bertz CT molecular complexity index is 1140. The lowest BCUT2D eigenvalue weighted by molar-refractivity contribution is -0.192. The highest BCUT2D eigenvalue weighted by Gasteiger charge is 2.38. The first-order chi connectivity index (χ1) is 16.0. The second-order valence-corrected chi connectivity index (χ2v) is 8.05. The molecule has 0 saturated carbocycles. The number of piperazine rings is 1. The summed E-state index contributed by atoms with van der Waals surface area (Å²) in [5.74, 6) is -3.21. The van der Waals surface area contributed by atoms with Crippen molar-refractivity contribution in [3.63, 3.8) is 0 Å². The molecule has 0 radical (unpaired) electrons. The minimum absolute atomic E-state index is 0.454. The van der Waals surface area contributed by atoms with E-state index >= 15 is 0 Å². The summed E-state index contributed by atoms with van der Waals surface area (Å²) < 4.78 is 33.5. The van der Waals surface area contributed by atoms with Crippen molar-refractivity contribution in [2.24, 2.45) is 5.73 Å². The van der Waals surface area contributed by atoms with Crippen molar-refractivity contribution in [2.75, 3.05) is 39.8 Å². The third-order valence-corrected chi connectivity index (χ3v) is 5.56. The first-order valence-electron chi connectivity index (χ1n) is 10.6. The van der Waals surface area contributed by atoms with Gasteiger partial charge in [-0.25, -0.2) is 9.48 Å². The summed E-state index contributed by atoms with van der Waals surface area (Å²) in [7, 11) is 2.18. The summed E-state index contributed by atoms with van der Waals surface area (Å²) in [5, 5.41) is 12.6. The highest BCUT2D eigenvalue weighted by atomic mass is 19.4. The van der Waals surface area contributed by atoms with E-state index in [0.717, 1.165) is 50.2 Å². The van der Waals surface area contributed by atoms with Gasteiger partial charge in [0.25, 0.3) is 5.91 Å². The van der Waals surface area contributed by atoms with E-state index < -0.39 is 18.1 Å². The van der Waals surface area contributed by atoms with Crippen molar-refractivity contribution >= 4 is 22.8 Å². The number of nitrogens with two attached hydrogens (primary N) is 1. The van der Waals surface area contributed by atoms with E-state index in [1.807, 2.05) is 18.3 Å². The largest absolute Gasteiger partial charge is 0.490 e. The van der Waals surface area contributed by atoms with Gasteiger partial charge in [-0.1, -0.05) is 24.3 Å². The van der Waals surface area contributed by atoms with Crippen LogP contribution >= 0.6 is 0 Å². The maximum atomic E-state index is 11.6. The van der Waals surface area contributed by atoms with Crippen LogP contribution < -0.4 is 5.73 Å². The number of halogens is 3. The SMILES string of the molecule is CN1CCN(CCc2ccc(-n3cc4cccc(C(N)=O)c4n3)cc2)CC1.O=C(O)C(F)(F)F. The first kappa shape index (κ1) is 25.2. The third-order valence-electron chi connectivity index (χ3n) is 5.56. The van der Waals surface area contributed by atoms with E-state index in [9.17, 15) is 18.0 Å². The molecule has 3 N–H and O–H groups in total. The highest BCUT2D eigenvalue weighted by Crippen LogP contribution is 2.20. The zero-order chi connectivity index (χ0) is 24.9. The van der Waals surface area contributed by atoms with Gasteiger partial charge in [-0.3, -0.25) is 4.79 Å². The van der Waals surface area contributed by atoms with Crippen molar-refractivity contribution in [1.82, 2.24) is 19.6 Å². The number of carboxylic acid groups (broad SMARTS) is 1. The predicted molar refractivity (Wildman–Crippen MR) is 121 cm³/mol. The fraction of sp³-hybridized carbons (Fsp3) is 0.348. The Balaban J connectivity index is 0.000000406. The standard InChI is InChI=1S/C21H25N5O.C2HF3O2/c1-24-11-13-25(14-12-24)10-9-16-5-7-18(8-6-16)26-15-17-3-2-4-19(21(22)27)20(17)23-26;3-2(4,5)1(6)7/h2-8,15H,9-14H2,1H3,(H2,22,27);(H,6,7). The van der Waals surface area contributed by atoms with E-state index in [-0.39, 0.29) is 0 Å². The van der Waals surface area contributed by atoms with Crippen molar-refractivity contribution in [1.29, 1.82) is 0 Å². The molecule has 1 aliphatic heterocycles. The third kappa shape index (κ3) is 6.55. The van der Waals surface area contributed by atoms with Crippen LogP contribution in [0, 0.1) is 0 Å². The topological polar surface area (TPSA) is 105 Å². The molecule has 0 aliphatic carbocycles. The van der Waals surface area contributed by atoms with Gasteiger partial charge in [-0.05, 0) is 37.2 Å². The van der Waals surface area contributed by atoms with Crippen LogP contribution in [0.3, 0.4) is 0 Å². The van der Waals surface area contributed by atoms with Crippen LogP contribution in [-0.2, 0) is 11.2 Å². The molecule has 2 heterocycles. The Hall–Kier alpha value is -3.44. The second-order valence-electron chi connectivity index (χ2n) is 8.05. The van der Waals surface area contributed by atoms with Crippen LogP contribution in [0.4, 0.5) is 13.2 Å². The zero-order valence-corrected chi connectivity index (χ0v) is 18.6. The molecule has 1 fully saturated rings. The number of amides is 1. The quantitative estimate of drug-likeness (QED) is 0.585. The van der Waals surface area contributed by atoms with Gasteiger partial charge in [-0.2, -0.15) is 18.3 Å². The van der Waals surface area contributed by atoms with Gasteiger partial charge < -0.3 is 20.6 Å². The number of carboxylic acids is 1. The molecule has 0 atom stereocenters. The predicted octanol–water partition coefficient (Wildman–Crippen LogP) is 2.55. The lowest BCUT2D eigenvalue weighted by Crippen LogP contribution is -2.45. The normalized spacial score (nSPS) is 15.1. The van der Waals surface area contributed by atoms with E-state index in [2.05, 4.69) is 46.2 Å². The van der Waals surface area contributed by atoms with Crippen molar-refractivity contribution in [3.05, 3.63) is 59.8 Å². The summed E-state index contributed by atoms with van der Waals surface area (Å²) in [5.41, 5.74) is 8.85. The van der Waals surface area contributed by atoms with E-state index in [1.165, 1.54) is 5.56 Å². The van der Waals surface area contributed by atoms with Crippen molar-refractivity contribution < 1.29 is 27.9 Å². The molecule has 0 unspecified atom stereocenters. The number of hydrogen-bond donors (Lipinski definition) is 2. The maximum Gasteiger partial charge on any atom is 0.490 e. The molecule has 4 rings (SSSR count). The van der Waals surface area contributed by atoms with E-state index in [1.54, 1.807) is 10.7 Å². The van der Waals surface area contributed by atoms with Crippen LogP contribution in [0.25, 0.3) is 16.6 Å². The van der Waals surface area contributed by atoms with Gasteiger partial charge in [0.1, 0.15) is 5.52 Å². The molecular weight excluding hydrogens is 451 g/mol. The molecule has 11 heteroatoms. The molecule has 1 saturated heterocycles. The second kappa shape index (κ2) is 10.7. The molecule has 1 amide bonds. The van der Waals surface area contributed by atoms with Gasteiger partial charge >= 0.3 is 12.1 Å². The Morgan fingerprint density at radius 2 is 1.68 bits per heavy atom. The van der Waals surface area contributed by atoms with Crippen LogP contribution in [0.15, 0.2) is 48.7 Å². The summed E-state index contributed by atoms with van der Waals surface area (Å²) in [6, 6.07) is 14.0. The lowest BCUT2D eigenvalue weighted by atomic mass is 10.1. The molecule has 0 bridgehead atoms. The fourth-order valence-electron chi connectivity index (χ4n) is 3.55. The smallest absolute Gasteiger partial charge is 0.475 e. The molecule has 2 aromatic carbocycles. The summed E-state index contributed by atoms with van der Waals surface area (Å²) in [6.07, 6.45) is -2.10. The summed E-state index contributed by atoms with van der Waals surface area (Å²) in [4.78, 5) is 25.4. The van der Waals surface area contributed by atoms with E-state index in [4.69, 9.17) is 15.6 Å². The van der Waals surface area contributed by atoms with Gasteiger partial charge in [-0.15, -0.1) is 0 Å². The molecule has 8 nitrogen and oxygen atoms in total. The number of hydrogen-bond acceptors (Lipinski definition) is 5. The van der Waals surface area contributed by atoms with Crippen molar-refractivity contribution in [2.45, 2.75) is 12.6 Å². The monoisotopic (exact) mass is 477 g/mol. The number of fused-ring (bicyclic) bond motifs is 1. The average molecular weight is 477 g/mol. The Morgan fingerprint density at radius 3 is 2.24 bits per heavy atom. The Labute approximate surface area is 194 Å².